The lowest BCUT2D eigenvalue weighted by atomic mass is 9.92. The Hall–Kier alpha value is -2.10. The van der Waals surface area contributed by atoms with Crippen molar-refractivity contribution < 1.29 is 4.79 Å². The number of carbonyl (C=O) groups excluding carboxylic acids is 1. The molecule has 2 N–H and O–H groups in total. The van der Waals surface area contributed by atoms with Crippen molar-refractivity contribution in [3.8, 4) is 0 Å². The number of fused-ring (bicyclic) bond motifs is 3. The van der Waals surface area contributed by atoms with Gasteiger partial charge in [0.05, 0.1) is 6.20 Å². The molecule has 1 fully saturated rings. The first kappa shape index (κ1) is 10.8. The van der Waals surface area contributed by atoms with Crippen molar-refractivity contribution in [2.75, 3.05) is 5.32 Å². The lowest BCUT2D eigenvalue weighted by Crippen LogP contribution is -2.15. The SMILES string of the molecule is O=C(Nc1ccn[nH]1)C1C2CCc3ccccc3C21. The summed E-state index contributed by atoms with van der Waals surface area (Å²) in [5, 5.41) is 9.53. The fraction of sp³-hybridized carbons (Fsp3) is 0.333. The second kappa shape index (κ2) is 3.95. The molecule has 3 atom stereocenters. The molecule has 0 spiro atoms. The summed E-state index contributed by atoms with van der Waals surface area (Å²) in [6, 6.07) is 10.3. The van der Waals surface area contributed by atoms with E-state index in [-0.39, 0.29) is 11.8 Å². The van der Waals surface area contributed by atoms with Crippen LogP contribution in [0.3, 0.4) is 0 Å². The number of nitrogens with zero attached hydrogens (tertiary/aromatic N) is 1. The van der Waals surface area contributed by atoms with Crippen molar-refractivity contribution in [1.29, 1.82) is 0 Å². The number of aromatic amines is 1. The molecule has 2 aliphatic rings. The average Bonchev–Trinajstić information content (AvgIpc) is 2.98. The zero-order valence-electron chi connectivity index (χ0n) is 10.5. The number of rotatable bonds is 2. The van der Waals surface area contributed by atoms with Gasteiger partial charge in [0.25, 0.3) is 0 Å². The van der Waals surface area contributed by atoms with Crippen molar-refractivity contribution in [1.82, 2.24) is 10.2 Å². The number of aromatic nitrogens is 2. The molecule has 3 unspecified atom stereocenters. The highest BCUT2D eigenvalue weighted by Crippen LogP contribution is 2.60. The smallest absolute Gasteiger partial charge is 0.229 e. The Morgan fingerprint density at radius 2 is 2.21 bits per heavy atom. The fourth-order valence-corrected chi connectivity index (χ4v) is 3.47. The van der Waals surface area contributed by atoms with Crippen LogP contribution < -0.4 is 5.32 Å². The Labute approximate surface area is 111 Å². The van der Waals surface area contributed by atoms with E-state index >= 15 is 0 Å². The quantitative estimate of drug-likeness (QED) is 0.863. The van der Waals surface area contributed by atoms with Crippen molar-refractivity contribution in [2.24, 2.45) is 11.8 Å². The zero-order valence-corrected chi connectivity index (χ0v) is 10.5. The summed E-state index contributed by atoms with van der Waals surface area (Å²) in [7, 11) is 0. The number of hydrogen-bond acceptors (Lipinski definition) is 2. The average molecular weight is 253 g/mol. The monoisotopic (exact) mass is 253 g/mol. The topological polar surface area (TPSA) is 57.8 Å². The summed E-state index contributed by atoms with van der Waals surface area (Å²) < 4.78 is 0. The molecule has 1 saturated carbocycles. The molecule has 1 aromatic carbocycles. The molecule has 4 heteroatoms. The normalized spacial score (nSPS) is 27.3. The van der Waals surface area contributed by atoms with E-state index in [9.17, 15) is 4.79 Å². The minimum atomic E-state index is 0.121. The lowest BCUT2D eigenvalue weighted by molar-refractivity contribution is -0.117. The molecule has 1 aromatic heterocycles. The molecule has 1 amide bonds. The van der Waals surface area contributed by atoms with E-state index in [1.807, 2.05) is 0 Å². The highest BCUT2D eigenvalue weighted by atomic mass is 16.2. The Balaban J connectivity index is 1.55. The van der Waals surface area contributed by atoms with Gasteiger partial charge in [-0.2, -0.15) is 5.10 Å². The molecule has 2 aromatic rings. The molecule has 0 aliphatic heterocycles. The van der Waals surface area contributed by atoms with Gasteiger partial charge in [0.2, 0.25) is 5.91 Å². The van der Waals surface area contributed by atoms with E-state index in [1.165, 1.54) is 11.1 Å². The van der Waals surface area contributed by atoms with Gasteiger partial charge in [-0.1, -0.05) is 24.3 Å². The highest BCUT2D eigenvalue weighted by molar-refractivity contribution is 5.95. The minimum Gasteiger partial charge on any atom is -0.311 e. The van der Waals surface area contributed by atoms with Gasteiger partial charge < -0.3 is 5.32 Å². The van der Waals surface area contributed by atoms with Crippen LogP contribution in [-0.4, -0.2) is 16.1 Å². The Bertz CT molecular complexity index is 620. The van der Waals surface area contributed by atoms with E-state index in [4.69, 9.17) is 0 Å². The number of hydrogen-bond donors (Lipinski definition) is 2. The maximum absolute atomic E-state index is 12.3. The third-order valence-electron chi connectivity index (χ3n) is 4.39. The summed E-state index contributed by atoms with van der Waals surface area (Å²) in [5.41, 5.74) is 2.80. The number of carbonyl (C=O) groups is 1. The lowest BCUT2D eigenvalue weighted by Gasteiger charge is -2.13. The Kier molecular flexibility index (Phi) is 2.24. The van der Waals surface area contributed by atoms with E-state index in [2.05, 4.69) is 39.8 Å². The molecule has 96 valence electrons. The fourth-order valence-electron chi connectivity index (χ4n) is 3.47. The molecule has 2 aliphatic carbocycles. The van der Waals surface area contributed by atoms with E-state index in [1.54, 1.807) is 12.3 Å². The van der Waals surface area contributed by atoms with Crippen LogP contribution in [0, 0.1) is 11.8 Å². The Morgan fingerprint density at radius 1 is 1.32 bits per heavy atom. The minimum absolute atomic E-state index is 0.121. The van der Waals surface area contributed by atoms with Crippen molar-refractivity contribution in [2.45, 2.75) is 18.8 Å². The van der Waals surface area contributed by atoms with Crippen LogP contribution >= 0.6 is 0 Å². The molecular formula is C15H15N3O. The highest BCUT2D eigenvalue weighted by Gasteiger charge is 2.56. The number of amides is 1. The largest absolute Gasteiger partial charge is 0.311 e. The maximum atomic E-state index is 12.3. The third kappa shape index (κ3) is 1.67. The summed E-state index contributed by atoms with van der Waals surface area (Å²) >= 11 is 0. The van der Waals surface area contributed by atoms with Gasteiger partial charge in [-0.25, -0.2) is 0 Å². The first-order valence-electron chi connectivity index (χ1n) is 6.72. The summed E-state index contributed by atoms with van der Waals surface area (Å²) in [4.78, 5) is 12.3. The van der Waals surface area contributed by atoms with Crippen LogP contribution in [0.15, 0.2) is 36.5 Å². The molecule has 19 heavy (non-hydrogen) atoms. The predicted molar refractivity (Wildman–Crippen MR) is 71.7 cm³/mol. The van der Waals surface area contributed by atoms with Crippen LogP contribution in [0.5, 0.6) is 0 Å². The molecule has 4 rings (SSSR count). The second-order valence-electron chi connectivity index (χ2n) is 5.41. The van der Waals surface area contributed by atoms with Crippen molar-refractivity contribution >= 4 is 11.7 Å². The van der Waals surface area contributed by atoms with E-state index in [0.717, 1.165) is 12.8 Å². The molecule has 1 heterocycles. The first-order valence-corrected chi connectivity index (χ1v) is 6.72. The van der Waals surface area contributed by atoms with Gasteiger partial charge in [0.1, 0.15) is 5.82 Å². The van der Waals surface area contributed by atoms with Crippen molar-refractivity contribution in [3.63, 3.8) is 0 Å². The van der Waals surface area contributed by atoms with Crippen LogP contribution in [0.1, 0.15) is 23.5 Å². The number of aryl methyl sites for hydroxylation is 1. The van der Waals surface area contributed by atoms with Crippen LogP contribution in [0.2, 0.25) is 0 Å². The maximum Gasteiger partial charge on any atom is 0.229 e. The van der Waals surface area contributed by atoms with Crippen LogP contribution in [-0.2, 0) is 11.2 Å². The predicted octanol–water partition coefficient (Wildman–Crippen LogP) is 2.32. The number of H-pyrrole nitrogens is 1. The second-order valence-corrected chi connectivity index (χ2v) is 5.41. The standard InChI is InChI=1S/C15H15N3O/c19-15(17-12-7-8-16-18-12)14-11-6-5-9-3-1-2-4-10(9)13(11)14/h1-4,7-8,11,13-14H,5-6H2,(H2,16,17,18,19). The van der Waals surface area contributed by atoms with Gasteiger partial charge >= 0.3 is 0 Å². The van der Waals surface area contributed by atoms with Gasteiger partial charge in [-0.3, -0.25) is 9.89 Å². The van der Waals surface area contributed by atoms with E-state index < -0.39 is 0 Å². The third-order valence-corrected chi connectivity index (χ3v) is 4.39. The van der Waals surface area contributed by atoms with Crippen LogP contribution in [0.25, 0.3) is 0 Å². The summed E-state index contributed by atoms with van der Waals surface area (Å²) in [6.07, 6.45) is 3.87. The Morgan fingerprint density at radius 3 is 3.05 bits per heavy atom. The number of benzene rings is 1. The summed E-state index contributed by atoms with van der Waals surface area (Å²) in [6.45, 7) is 0. The zero-order chi connectivity index (χ0) is 12.8. The van der Waals surface area contributed by atoms with Gasteiger partial charge in [0.15, 0.2) is 0 Å². The number of nitrogens with one attached hydrogen (secondary N) is 2. The first-order chi connectivity index (χ1) is 9.34. The molecule has 0 radical (unpaired) electrons. The van der Waals surface area contributed by atoms with Gasteiger partial charge in [-0.15, -0.1) is 0 Å². The van der Waals surface area contributed by atoms with E-state index in [0.29, 0.717) is 17.7 Å². The van der Waals surface area contributed by atoms with Crippen molar-refractivity contribution in [3.05, 3.63) is 47.7 Å². The molecular weight excluding hydrogens is 238 g/mol. The number of anilines is 1. The molecule has 4 nitrogen and oxygen atoms in total. The van der Waals surface area contributed by atoms with Crippen LogP contribution in [0.4, 0.5) is 5.82 Å². The van der Waals surface area contributed by atoms with Gasteiger partial charge in [0, 0.05) is 12.0 Å². The van der Waals surface area contributed by atoms with Gasteiger partial charge in [-0.05, 0) is 35.8 Å². The summed E-state index contributed by atoms with van der Waals surface area (Å²) in [5.74, 6) is 1.88. The molecule has 0 bridgehead atoms. The molecule has 0 saturated heterocycles.